The summed E-state index contributed by atoms with van der Waals surface area (Å²) in [6, 6.07) is 0. The molecule has 0 heterocycles. The summed E-state index contributed by atoms with van der Waals surface area (Å²) in [5.74, 6) is -0.0954. The molecule has 4 N–H and O–H groups in total. The zero-order valence-electron chi connectivity index (χ0n) is 5.14. The molecular weight excluding hydrogens is 118 g/mol. The lowest BCUT2D eigenvalue weighted by molar-refractivity contribution is 0.403. The van der Waals surface area contributed by atoms with Gasteiger partial charge in [-0.25, -0.2) is 0 Å². The summed E-state index contributed by atoms with van der Waals surface area (Å²) in [7, 11) is 1.38. The molecule has 0 aromatic rings. The molecule has 0 atom stereocenters. The van der Waals surface area contributed by atoms with Crippen molar-refractivity contribution in [2.45, 2.75) is 0 Å². The Balaban J connectivity index is 3.71. The topological polar surface area (TPSA) is 83.0 Å². The second-order valence-electron chi connectivity index (χ2n) is 1.36. The number of ether oxygens (including phenoxy) is 1. The van der Waals surface area contributed by atoms with Gasteiger partial charge in [0.15, 0.2) is 0 Å². The SMILES string of the molecule is COC(=N)/C=C\C(=N)N. The lowest BCUT2D eigenvalue weighted by Gasteiger charge is -1.91. The van der Waals surface area contributed by atoms with Crippen LogP contribution in [0.4, 0.5) is 0 Å². The summed E-state index contributed by atoms with van der Waals surface area (Å²) < 4.78 is 4.44. The predicted molar refractivity (Wildman–Crippen MR) is 35.8 cm³/mol. The molecule has 0 aliphatic rings. The first-order valence-corrected chi connectivity index (χ1v) is 2.31. The van der Waals surface area contributed by atoms with Gasteiger partial charge in [0, 0.05) is 6.08 Å². The van der Waals surface area contributed by atoms with Crippen LogP contribution in [0.25, 0.3) is 0 Å². The van der Waals surface area contributed by atoms with Gasteiger partial charge in [0.25, 0.3) is 0 Å². The highest BCUT2D eigenvalue weighted by Crippen LogP contribution is 1.76. The molecule has 0 radical (unpaired) electrons. The van der Waals surface area contributed by atoms with Crippen molar-refractivity contribution in [1.82, 2.24) is 0 Å². The van der Waals surface area contributed by atoms with Gasteiger partial charge in [-0.05, 0) is 6.08 Å². The number of methoxy groups -OCH3 is 1. The Hall–Kier alpha value is -1.32. The van der Waals surface area contributed by atoms with E-state index in [0.717, 1.165) is 0 Å². The monoisotopic (exact) mass is 127 g/mol. The second kappa shape index (κ2) is 3.65. The molecule has 0 aliphatic heterocycles. The molecule has 0 unspecified atom stereocenters. The summed E-state index contributed by atoms with van der Waals surface area (Å²) >= 11 is 0. The van der Waals surface area contributed by atoms with Crippen LogP contribution in [0.15, 0.2) is 12.2 Å². The van der Waals surface area contributed by atoms with E-state index in [1.165, 1.54) is 19.3 Å². The molecule has 0 saturated carbocycles. The molecule has 0 aromatic heterocycles. The van der Waals surface area contributed by atoms with Crippen LogP contribution in [0.5, 0.6) is 0 Å². The normalized spacial score (nSPS) is 9.44. The van der Waals surface area contributed by atoms with Crippen molar-refractivity contribution in [3.05, 3.63) is 12.2 Å². The van der Waals surface area contributed by atoms with E-state index in [4.69, 9.17) is 16.6 Å². The van der Waals surface area contributed by atoms with E-state index in [2.05, 4.69) is 4.74 Å². The van der Waals surface area contributed by atoms with E-state index in [9.17, 15) is 0 Å². The van der Waals surface area contributed by atoms with Crippen molar-refractivity contribution in [3.8, 4) is 0 Å². The fraction of sp³-hybridized carbons (Fsp3) is 0.200. The molecule has 50 valence electrons. The molecule has 0 aliphatic carbocycles. The van der Waals surface area contributed by atoms with Gasteiger partial charge in [-0.3, -0.25) is 10.8 Å². The standard InChI is InChI=1S/C5H9N3O/c1-9-5(8)3-2-4(6)7/h2-3,8H,1H3,(H3,6,7)/b3-2-,8-5?. The van der Waals surface area contributed by atoms with Gasteiger partial charge >= 0.3 is 0 Å². The highest BCUT2D eigenvalue weighted by Gasteiger charge is 1.83. The third kappa shape index (κ3) is 4.53. The van der Waals surface area contributed by atoms with Crippen LogP contribution >= 0.6 is 0 Å². The molecule has 4 heteroatoms. The fourth-order valence-corrected chi connectivity index (χ4v) is 0.234. The first kappa shape index (κ1) is 7.68. The van der Waals surface area contributed by atoms with Gasteiger partial charge in [-0.1, -0.05) is 0 Å². The van der Waals surface area contributed by atoms with Crippen molar-refractivity contribution >= 4 is 11.7 Å². The molecule has 0 saturated heterocycles. The van der Waals surface area contributed by atoms with Crippen LogP contribution in [0.3, 0.4) is 0 Å². The maximum atomic E-state index is 6.87. The minimum Gasteiger partial charge on any atom is -0.481 e. The molecular formula is C5H9N3O. The van der Waals surface area contributed by atoms with Crippen molar-refractivity contribution in [1.29, 1.82) is 10.8 Å². The van der Waals surface area contributed by atoms with E-state index in [1.807, 2.05) is 0 Å². The molecule has 9 heavy (non-hydrogen) atoms. The van der Waals surface area contributed by atoms with Crippen LogP contribution in [0, 0.1) is 10.8 Å². The zero-order valence-corrected chi connectivity index (χ0v) is 5.14. The first-order chi connectivity index (χ1) is 4.16. The third-order valence-corrected chi connectivity index (χ3v) is 0.634. The Labute approximate surface area is 53.3 Å². The summed E-state index contributed by atoms with van der Waals surface area (Å²) in [5, 5.41) is 13.6. The third-order valence-electron chi connectivity index (χ3n) is 0.634. The smallest absolute Gasteiger partial charge is 0.205 e. The maximum absolute atomic E-state index is 6.87. The highest BCUT2D eigenvalue weighted by atomic mass is 16.5. The Morgan fingerprint density at radius 1 is 1.44 bits per heavy atom. The summed E-state index contributed by atoms with van der Waals surface area (Å²) in [5.41, 5.74) is 4.94. The first-order valence-electron chi connectivity index (χ1n) is 2.31. The summed E-state index contributed by atoms with van der Waals surface area (Å²) in [4.78, 5) is 0. The van der Waals surface area contributed by atoms with Gasteiger partial charge in [0.2, 0.25) is 5.90 Å². The molecule has 0 spiro atoms. The van der Waals surface area contributed by atoms with Gasteiger partial charge in [0.1, 0.15) is 5.84 Å². The second-order valence-corrected chi connectivity index (χ2v) is 1.36. The van der Waals surface area contributed by atoms with E-state index < -0.39 is 0 Å². The summed E-state index contributed by atoms with van der Waals surface area (Å²) in [6.07, 6.45) is 2.59. The number of nitrogens with one attached hydrogen (secondary N) is 2. The Kier molecular flexibility index (Phi) is 3.12. The van der Waals surface area contributed by atoms with E-state index in [1.54, 1.807) is 0 Å². The van der Waals surface area contributed by atoms with Gasteiger partial charge in [0.05, 0.1) is 7.11 Å². The van der Waals surface area contributed by atoms with Crippen LogP contribution in [-0.4, -0.2) is 18.8 Å². The minimum atomic E-state index is -0.0863. The Morgan fingerprint density at radius 3 is 2.33 bits per heavy atom. The Morgan fingerprint density at radius 2 is 2.00 bits per heavy atom. The number of rotatable bonds is 2. The lowest BCUT2D eigenvalue weighted by atomic mass is 10.5. The van der Waals surface area contributed by atoms with E-state index in [0.29, 0.717) is 0 Å². The maximum Gasteiger partial charge on any atom is 0.205 e. The van der Waals surface area contributed by atoms with Crippen molar-refractivity contribution in [2.24, 2.45) is 5.73 Å². The zero-order chi connectivity index (χ0) is 7.28. The van der Waals surface area contributed by atoms with Crippen molar-refractivity contribution < 1.29 is 4.74 Å². The number of nitrogens with two attached hydrogens (primary N) is 1. The average Bonchev–Trinajstić information content (AvgIpc) is 1.83. The lowest BCUT2D eigenvalue weighted by Crippen LogP contribution is -2.05. The van der Waals surface area contributed by atoms with E-state index in [-0.39, 0.29) is 11.7 Å². The Bertz CT molecular complexity index is 150. The van der Waals surface area contributed by atoms with Crippen molar-refractivity contribution in [3.63, 3.8) is 0 Å². The van der Waals surface area contributed by atoms with Crippen molar-refractivity contribution in [2.75, 3.05) is 7.11 Å². The quantitative estimate of drug-likeness (QED) is 0.363. The van der Waals surface area contributed by atoms with Gasteiger partial charge in [-0.2, -0.15) is 0 Å². The molecule has 0 fully saturated rings. The molecule has 0 aromatic carbocycles. The average molecular weight is 127 g/mol. The van der Waals surface area contributed by atoms with Gasteiger partial charge < -0.3 is 10.5 Å². The van der Waals surface area contributed by atoms with Crippen LogP contribution in [0.2, 0.25) is 0 Å². The van der Waals surface area contributed by atoms with E-state index >= 15 is 0 Å². The largest absolute Gasteiger partial charge is 0.481 e. The number of amidine groups is 1. The minimum absolute atomic E-state index is 0.00907. The van der Waals surface area contributed by atoms with Gasteiger partial charge in [-0.15, -0.1) is 0 Å². The summed E-state index contributed by atoms with van der Waals surface area (Å²) in [6.45, 7) is 0. The van der Waals surface area contributed by atoms with Crippen LogP contribution in [0.1, 0.15) is 0 Å². The molecule has 0 rings (SSSR count). The van der Waals surface area contributed by atoms with Crippen LogP contribution in [-0.2, 0) is 4.74 Å². The fourth-order valence-electron chi connectivity index (χ4n) is 0.234. The predicted octanol–water partition coefficient (Wildman–Crippen LogP) is 0.102. The number of hydrogen-bond acceptors (Lipinski definition) is 3. The number of hydrogen-bond donors (Lipinski definition) is 3. The molecule has 0 amide bonds. The molecule has 4 nitrogen and oxygen atoms in total. The highest BCUT2D eigenvalue weighted by molar-refractivity contribution is 5.95. The molecule has 0 bridgehead atoms. The van der Waals surface area contributed by atoms with Crippen LogP contribution < -0.4 is 5.73 Å².